The third-order valence-electron chi connectivity index (χ3n) is 13.2. The molecule has 0 saturated carbocycles. The first-order chi connectivity index (χ1) is 30.1. The molecular formula is C57H39N3S. The van der Waals surface area contributed by atoms with Gasteiger partial charge in [0.2, 0.25) is 0 Å². The first kappa shape index (κ1) is 34.5. The Morgan fingerprint density at radius 3 is 1.64 bits per heavy atom. The van der Waals surface area contributed by atoms with Crippen molar-refractivity contribution in [1.29, 1.82) is 0 Å². The number of nitrogens with zero attached hydrogens (tertiary/aromatic N) is 3. The lowest BCUT2D eigenvalue weighted by atomic mass is 9.82. The van der Waals surface area contributed by atoms with Crippen LogP contribution in [0.2, 0.25) is 0 Å². The van der Waals surface area contributed by atoms with Crippen molar-refractivity contribution in [2.45, 2.75) is 19.3 Å². The second kappa shape index (κ2) is 12.8. The summed E-state index contributed by atoms with van der Waals surface area (Å²) in [5.41, 5.74) is 18.5. The van der Waals surface area contributed by atoms with Crippen molar-refractivity contribution in [1.82, 2.24) is 4.57 Å². The molecule has 61 heavy (non-hydrogen) atoms. The summed E-state index contributed by atoms with van der Waals surface area (Å²) in [6.45, 7) is 4.79. The van der Waals surface area contributed by atoms with Crippen LogP contribution in [0.5, 0.6) is 0 Å². The van der Waals surface area contributed by atoms with Gasteiger partial charge in [0.15, 0.2) is 0 Å². The molecule has 2 aliphatic rings. The van der Waals surface area contributed by atoms with Crippen LogP contribution >= 0.6 is 11.3 Å². The van der Waals surface area contributed by atoms with Gasteiger partial charge in [-0.15, -0.1) is 11.3 Å². The Balaban J connectivity index is 1.22. The van der Waals surface area contributed by atoms with E-state index in [1.54, 1.807) is 0 Å². The summed E-state index contributed by atoms with van der Waals surface area (Å²) in [5, 5.41) is 5.11. The van der Waals surface area contributed by atoms with Gasteiger partial charge < -0.3 is 14.4 Å². The van der Waals surface area contributed by atoms with Crippen LogP contribution in [0.3, 0.4) is 0 Å². The fraction of sp³-hybridized carbons (Fsp3) is 0.0526. The highest BCUT2D eigenvalue weighted by Gasteiger charge is 2.41. The molecule has 0 amide bonds. The van der Waals surface area contributed by atoms with Crippen LogP contribution in [0.15, 0.2) is 200 Å². The Bertz CT molecular complexity index is 3470. The standard InChI is InChI=1S/C57H39N3S/c1-57(2)45-29-16-26-41-42-27-15-28-43-52-48(60(55(42)43)47-31-17-30-46(57)54(47)51(41)45)35-49(59(38-22-11-5-12-23-38)39-24-13-6-14-25-39)56-53(52)44-34-40(32-33-50(44)61-56)58(36-18-7-3-8-19-36)37-20-9-4-10-21-37/h3-35H,1-2H3. The van der Waals surface area contributed by atoms with Crippen molar-refractivity contribution < 1.29 is 0 Å². The minimum atomic E-state index is -0.121. The van der Waals surface area contributed by atoms with E-state index in [0.29, 0.717) is 0 Å². The lowest BCUT2D eigenvalue weighted by Gasteiger charge is -2.26. The van der Waals surface area contributed by atoms with Gasteiger partial charge in [-0.1, -0.05) is 135 Å². The molecule has 11 aromatic rings. The Kier molecular flexibility index (Phi) is 7.23. The largest absolute Gasteiger partial charge is 0.310 e. The van der Waals surface area contributed by atoms with Crippen molar-refractivity contribution in [2.24, 2.45) is 0 Å². The van der Waals surface area contributed by atoms with Gasteiger partial charge >= 0.3 is 0 Å². The van der Waals surface area contributed by atoms with Gasteiger partial charge in [-0.05, 0) is 101 Å². The predicted octanol–water partition coefficient (Wildman–Crippen LogP) is 16.4. The summed E-state index contributed by atoms with van der Waals surface area (Å²) in [5.74, 6) is 0. The molecule has 0 atom stereocenters. The van der Waals surface area contributed by atoms with Gasteiger partial charge in [-0.3, -0.25) is 0 Å². The molecule has 0 bridgehead atoms. The van der Waals surface area contributed by atoms with Crippen LogP contribution in [0.4, 0.5) is 34.1 Å². The summed E-state index contributed by atoms with van der Waals surface area (Å²) < 4.78 is 5.15. The molecule has 9 aromatic carbocycles. The van der Waals surface area contributed by atoms with Crippen molar-refractivity contribution in [3.63, 3.8) is 0 Å². The van der Waals surface area contributed by atoms with E-state index >= 15 is 0 Å². The molecule has 0 N–H and O–H groups in total. The number of rotatable bonds is 6. The monoisotopic (exact) mass is 797 g/mol. The average molecular weight is 798 g/mol. The number of para-hydroxylation sites is 5. The van der Waals surface area contributed by atoms with Crippen LogP contribution in [0.25, 0.3) is 69.9 Å². The molecule has 3 nitrogen and oxygen atoms in total. The Hall–Kier alpha value is -7.40. The van der Waals surface area contributed by atoms with Crippen LogP contribution in [0.1, 0.15) is 25.0 Å². The molecule has 2 aromatic heterocycles. The third kappa shape index (κ3) is 4.79. The van der Waals surface area contributed by atoms with E-state index in [2.05, 4.69) is 228 Å². The minimum Gasteiger partial charge on any atom is -0.310 e. The normalized spacial score (nSPS) is 13.2. The molecule has 4 heteroatoms. The summed E-state index contributed by atoms with van der Waals surface area (Å²) >= 11 is 1.90. The van der Waals surface area contributed by atoms with E-state index in [-0.39, 0.29) is 5.41 Å². The van der Waals surface area contributed by atoms with E-state index in [1.165, 1.54) is 86.7 Å². The summed E-state index contributed by atoms with van der Waals surface area (Å²) in [6.07, 6.45) is 0. The Morgan fingerprint density at radius 1 is 0.443 bits per heavy atom. The van der Waals surface area contributed by atoms with E-state index in [0.717, 1.165) is 28.4 Å². The fourth-order valence-electron chi connectivity index (χ4n) is 10.6. The lowest BCUT2D eigenvalue weighted by Crippen LogP contribution is -2.15. The van der Waals surface area contributed by atoms with Crippen LogP contribution in [0, 0.1) is 0 Å². The maximum absolute atomic E-state index is 2.62. The van der Waals surface area contributed by atoms with E-state index in [1.807, 2.05) is 11.3 Å². The summed E-state index contributed by atoms with van der Waals surface area (Å²) in [7, 11) is 0. The predicted molar refractivity (Wildman–Crippen MR) is 260 cm³/mol. The van der Waals surface area contributed by atoms with Gasteiger partial charge in [-0.25, -0.2) is 0 Å². The van der Waals surface area contributed by atoms with Crippen molar-refractivity contribution in [3.05, 3.63) is 211 Å². The maximum Gasteiger partial charge on any atom is 0.0661 e. The van der Waals surface area contributed by atoms with Crippen molar-refractivity contribution in [3.8, 4) is 27.9 Å². The highest BCUT2D eigenvalue weighted by atomic mass is 32.1. The number of hydrogen-bond donors (Lipinski definition) is 0. The summed E-state index contributed by atoms with van der Waals surface area (Å²) in [4.78, 5) is 4.85. The molecule has 288 valence electrons. The Labute approximate surface area is 358 Å². The molecule has 13 rings (SSSR count). The zero-order valence-electron chi connectivity index (χ0n) is 33.8. The number of hydrogen-bond acceptors (Lipinski definition) is 3. The lowest BCUT2D eigenvalue weighted by molar-refractivity contribution is 0.660. The fourth-order valence-corrected chi connectivity index (χ4v) is 11.8. The SMILES string of the molecule is CC1(C)c2cccc3c2-c2c(cccc21)-n1c2cc(N(c4ccccc4)c4ccccc4)c4sc5ccc(N(c6ccccc6)c6ccccc6)cc5c4c2c2cccc-3c21. The number of benzene rings is 9. The molecule has 0 radical (unpaired) electrons. The zero-order chi connectivity index (χ0) is 40.4. The van der Waals surface area contributed by atoms with Gasteiger partial charge in [0.25, 0.3) is 0 Å². The second-order valence-electron chi connectivity index (χ2n) is 16.9. The number of thiophene rings is 1. The topological polar surface area (TPSA) is 11.4 Å². The minimum absolute atomic E-state index is 0.121. The molecule has 0 unspecified atom stereocenters. The molecule has 1 aliphatic carbocycles. The maximum atomic E-state index is 2.62. The smallest absolute Gasteiger partial charge is 0.0661 e. The molecular weight excluding hydrogens is 759 g/mol. The molecule has 0 spiro atoms. The van der Waals surface area contributed by atoms with Gasteiger partial charge in [-0.2, -0.15) is 0 Å². The van der Waals surface area contributed by atoms with E-state index in [4.69, 9.17) is 0 Å². The third-order valence-corrected chi connectivity index (χ3v) is 14.4. The van der Waals surface area contributed by atoms with Gasteiger partial charge in [0, 0.05) is 71.2 Å². The molecule has 0 fully saturated rings. The quantitative estimate of drug-likeness (QED) is 0.166. The van der Waals surface area contributed by atoms with Crippen molar-refractivity contribution >= 4 is 87.4 Å². The zero-order valence-corrected chi connectivity index (χ0v) is 34.6. The average Bonchev–Trinajstić information content (AvgIpc) is 3.90. The van der Waals surface area contributed by atoms with E-state index < -0.39 is 0 Å². The first-order valence-corrected chi connectivity index (χ1v) is 21.9. The van der Waals surface area contributed by atoms with Crippen molar-refractivity contribution in [2.75, 3.05) is 9.80 Å². The van der Waals surface area contributed by atoms with Crippen LogP contribution in [-0.4, -0.2) is 4.57 Å². The number of aromatic nitrogens is 1. The molecule has 1 aliphatic heterocycles. The van der Waals surface area contributed by atoms with Gasteiger partial charge in [0.1, 0.15) is 0 Å². The number of anilines is 6. The second-order valence-corrected chi connectivity index (χ2v) is 17.9. The molecule has 3 heterocycles. The summed E-state index contributed by atoms with van der Waals surface area (Å²) in [6, 6.07) is 73.8. The highest BCUT2D eigenvalue weighted by molar-refractivity contribution is 7.26. The van der Waals surface area contributed by atoms with E-state index in [9.17, 15) is 0 Å². The highest BCUT2D eigenvalue weighted by Crippen LogP contribution is 2.59. The Morgan fingerprint density at radius 2 is 1.00 bits per heavy atom. The number of fused-ring (bicyclic) bond motifs is 9. The van der Waals surface area contributed by atoms with Crippen LogP contribution < -0.4 is 9.80 Å². The molecule has 0 saturated heterocycles. The first-order valence-electron chi connectivity index (χ1n) is 21.1. The van der Waals surface area contributed by atoms with Crippen LogP contribution in [-0.2, 0) is 5.41 Å². The van der Waals surface area contributed by atoms with Gasteiger partial charge in [0.05, 0.1) is 27.1 Å².